The average molecular weight is 242 g/mol. The molecule has 0 N–H and O–H groups in total. The molecule has 0 aromatic carbocycles. The highest BCUT2D eigenvalue weighted by Crippen LogP contribution is 2.08. The van der Waals surface area contributed by atoms with E-state index in [4.69, 9.17) is 4.74 Å². The van der Waals surface area contributed by atoms with Crippen LogP contribution >= 0.6 is 0 Å². The highest BCUT2D eigenvalue weighted by Gasteiger charge is 2.14. The summed E-state index contributed by atoms with van der Waals surface area (Å²) in [5.74, 6) is 0.757. The lowest BCUT2D eigenvalue weighted by molar-refractivity contribution is -0.129. The number of amides is 1. The Kier molecular flexibility index (Phi) is 6.52. The van der Waals surface area contributed by atoms with Gasteiger partial charge in [-0.2, -0.15) is 0 Å². The summed E-state index contributed by atoms with van der Waals surface area (Å²) in [6.07, 6.45) is 1.16. The minimum Gasteiger partial charge on any atom is -0.379 e. The predicted octanol–water partition coefficient (Wildman–Crippen LogP) is 1.21. The van der Waals surface area contributed by atoms with Crippen molar-refractivity contribution >= 4 is 5.91 Å². The van der Waals surface area contributed by atoms with Crippen LogP contribution < -0.4 is 0 Å². The van der Waals surface area contributed by atoms with Gasteiger partial charge in [-0.25, -0.2) is 0 Å². The van der Waals surface area contributed by atoms with Crippen LogP contribution in [0.3, 0.4) is 0 Å². The van der Waals surface area contributed by atoms with Gasteiger partial charge in [0.05, 0.1) is 13.2 Å². The molecule has 0 aromatic rings. The molecule has 1 heterocycles. The monoisotopic (exact) mass is 242 g/mol. The third kappa shape index (κ3) is 5.50. The van der Waals surface area contributed by atoms with Gasteiger partial charge in [0.25, 0.3) is 0 Å². The van der Waals surface area contributed by atoms with Crippen LogP contribution in [0.15, 0.2) is 0 Å². The maximum absolute atomic E-state index is 11.3. The van der Waals surface area contributed by atoms with Crippen molar-refractivity contribution in [3.63, 3.8) is 0 Å². The van der Waals surface area contributed by atoms with E-state index >= 15 is 0 Å². The first-order valence-corrected chi connectivity index (χ1v) is 6.69. The lowest BCUT2D eigenvalue weighted by atomic mass is 10.1. The molecule has 1 amide bonds. The van der Waals surface area contributed by atoms with Crippen LogP contribution in [0.4, 0.5) is 0 Å². The zero-order valence-electron chi connectivity index (χ0n) is 11.4. The summed E-state index contributed by atoms with van der Waals surface area (Å²) >= 11 is 0. The SMILES string of the molecule is CCN(CC(C)CCN1CCOCC1)C(C)=O. The number of carbonyl (C=O) groups is 1. The number of ether oxygens (including phenoxy) is 1. The Bertz CT molecular complexity index is 227. The summed E-state index contributed by atoms with van der Waals surface area (Å²) in [5, 5.41) is 0. The smallest absolute Gasteiger partial charge is 0.219 e. The van der Waals surface area contributed by atoms with Gasteiger partial charge in [-0.15, -0.1) is 0 Å². The van der Waals surface area contributed by atoms with Crippen molar-refractivity contribution in [2.75, 3.05) is 45.9 Å². The van der Waals surface area contributed by atoms with Crippen LogP contribution in [-0.2, 0) is 9.53 Å². The van der Waals surface area contributed by atoms with Gasteiger partial charge in [-0.3, -0.25) is 9.69 Å². The van der Waals surface area contributed by atoms with Gasteiger partial charge < -0.3 is 9.64 Å². The number of carbonyl (C=O) groups excluding carboxylic acids is 1. The Morgan fingerprint density at radius 3 is 2.59 bits per heavy atom. The molecule has 4 heteroatoms. The molecule has 0 bridgehead atoms. The molecular weight excluding hydrogens is 216 g/mol. The van der Waals surface area contributed by atoms with Crippen LogP contribution in [0.5, 0.6) is 0 Å². The topological polar surface area (TPSA) is 32.8 Å². The van der Waals surface area contributed by atoms with Crippen LogP contribution in [0.2, 0.25) is 0 Å². The van der Waals surface area contributed by atoms with Crippen LogP contribution in [0.1, 0.15) is 27.2 Å². The third-order valence-corrected chi connectivity index (χ3v) is 3.40. The minimum absolute atomic E-state index is 0.186. The molecule has 1 fully saturated rings. The molecule has 4 nitrogen and oxygen atoms in total. The van der Waals surface area contributed by atoms with Crippen molar-refractivity contribution in [1.29, 1.82) is 0 Å². The second-order valence-electron chi connectivity index (χ2n) is 4.91. The molecule has 1 aliphatic rings. The van der Waals surface area contributed by atoms with Crippen molar-refractivity contribution in [3.8, 4) is 0 Å². The van der Waals surface area contributed by atoms with E-state index in [0.717, 1.165) is 52.4 Å². The number of hydrogen-bond donors (Lipinski definition) is 0. The van der Waals surface area contributed by atoms with Gasteiger partial charge in [-0.1, -0.05) is 6.92 Å². The first kappa shape index (κ1) is 14.5. The van der Waals surface area contributed by atoms with Gasteiger partial charge in [0.15, 0.2) is 0 Å². The van der Waals surface area contributed by atoms with Gasteiger partial charge in [0.1, 0.15) is 0 Å². The van der Waals surface area contributed by atoms with Crippen LogP contribution in [0, 0.1) is 5.92 Å². The molecule has 1 unspecified atom stereocenters. The maximum Gasteiger partial charge on any atom is 0.219 e. The molecule has 0 aromatic heterocycles. The zero-order valence-corrected chi connectivity index (χ0v) is 11.4. The number of nitrogens with zero attached hydrogens (tertiary/aromatic N) is 2. The lowest BCUT2D eigenvalue weighted by Crippen LogP contribution is -2.38. The summed E-state index contributed by atoms with van der Waals surface area (Å²) in [5.41, 5.74) is 0. The molecule has 0 spiro atoms. The molecule has 1 atom stereocenters. The predicted molar refractivity (Wildman–Crippen MR) is 69.0 cm³/mol. The Morgan fingerprint density at radius 2 is 2.06 bits per heavy atom. The molecule has 1 saturated heterocycles. The second-order valence-corrected chi connectivity index (χ2v) is 4.91. The van der Waals surface area contributed by atoms with Crippen molar-refractivity contribution < 1.29 is 9.53 Å². The Morgan fingerprint density at radius 1 is 1.41 bits per heavy atom. The van der Waals surface area contributed by atoms with E-state index in [2.05, 4.69) is 11.8 Å². The average Bonchev–Trinajstić information content (AvgIpc) is 2.34. The van der Waals surface area contributed by atoms with Crippen LogP contribution in [0.25, 0.3) is 0 Å². The van der Waals surface area contributed by atoms with Gasteiger partial charge in [-0.05, 0) is 25.8 Å². The number of morpholine rings is 1. The highest BCUT2D eigenvalue weighted by atomic mass is 16.5. The van der Waals surface area contributed by atoms with E-state index in [1.807, 2.05) is 11.8 Å². The number of hydrogen-bond acceptors (Lipinski definition) is 3. The van der Waals surface area contributed by atoms with E-state index in [-0.39, 0.29) is 5.91 Å². The Labute approximate surface area is 105 Å². The van der Waals surface area contributed by atoms with E-state index < -0.39 is 0 Å². The van der Waals surface area contributed by atoms with Gasteiger partial charge in [0.2, 0.25) is 5.91 Å². The van der Waals surface area contributed by atoms with Crippen molar-refractivity contribution in [1.82, 2.24) is 9.80 Å². The molecule has 0 radical (unpaired) electrons. The van der Waals surface area contributed by atoms with E-state index in [1.54, 1.807) is 6.92 Å². The second kappa shape index (κ2) is 7.67. The highest BCUT2D eigenvalue weighted by molar-refractivity contribution is 5.73. The molecule has 0 aliphatic carbocycles. The quantitative estimate of drug-likeness (QED) is 0.702. The van der Waals surface area contributed by atoms with Crippen molar-refractivity contribution in [2.45, 2.75) is 27.2 Å². The fraction of sp³-hybridized carbons (Fsp3) is 0.923. The molecule has 1 rings (SSSR count). The van der Waals surface area contributed by atoms with E-state index in [1.165, 1.54) is 0 Å². The summed E-state index contributed by atoms with van der Waals surface area (Å²) in [6, 6.07) is 0. The van der Waals surface area contributed by atoms with Gasteiger partial charge in [0, 0.05) is 33.1 Å². The first-order valence-electron chi connectivity index (χ1n) is 6.69. The summed E-state index contributed by atoms with van der Waals surface area (Å²) in [7, 11) is 0. The molecule has 1 aliphatic heterocycles. The summed E-state index contributed by atoms with van der Waals surface area (Å²) < 4.78 is 5.33. The fourth-order valence-electron chi connectivity index (χ4n) is 2.18. The summed E-state index contributed by atoms with van der Waals surface area (Å²) in [4.78, 5) is 15.7. The Balaban J connectivity index is 2.19. The van der Waals surface area contributed by atoms with E-state index in [9.17, 15) is 4.79 Å². The first-order chi connectivity index (χ1) is 8.13. The van der Waals surface area contributed by atoms with Gasteiger partial charge >= 0.3 is 0 Å². The normalized spacial score (nSPS) is 19.0. The fourth-order valence-corrected chi connectivity index (χ4v) is 2.18. The third-order valence-electron chi connectivity index (χ3n) is 3.40. The largest absolute Gasteiger partial charge is 0.379 e. The van der Waals surface area contributed by atoms with Crippen LogP contribution in [-0.4, -0.2) is 61.6 Å². The number of rotatable bonds is 6. The minimum atomic E-state index is 0.186. The zero-order chi connectivity index (χ0) is 12.7. The van der Waals surface area contributed by atoms with E-state index in [0.29, 0.717) is 5.92 Å². The molecule has 17 heavy (non-hydrogen) atoms. The molecule has 100 valence electrons. The molecule has 0 saturated carbocycles. The van der Waals surface area contributed by atoms with Crippen molar-refractivity contribution in [3.05, 3.63) is 0 Å². The standard InChI is InChI=1S/C13H26N2O2/c1-4-15(13(3)16)11-12(2)5-6-14-7-9-17-10-8-14/h12H,4-11H2,1-3H3. The molecular formula is C13H26N2O2. The lowest BCUT2D eigenvalue weighted by Gasteiger charge is -2.29. The maximum atomic E-state index is 11.3. The summed E-state index contributed by atoms with van der Waals surface area (Å²) in [6.45, 7) is 12.6. The Hall–Kier alpha value is -0.610. The van der Waals surface area contributed by atoms with Crippen molar-refractivity contribution in [2.24, 2.45) is 5.92 Å².